The third-order valence-corrected chi connectivity index (χ3v) is 12.2. The van der Waals surface area contributed by atoms with Gasteiger partial charge in [-0.3, -0.25) is 33.6 Å². The van der Waals surface area contributed by atoms with Crippen molar-refractivity contribution in [3.63, 3.8) is 0 Å². The van der Waals surface area contributed by atoms with E-state index >= 15 is 0 Å². The Morgan fingerprint density at radius 3 is 1.97 bits per heavy atom. The average Bonchev–Trinajstić information content (AvgIpc) is 3.83. The van der Waals surface area contributed by atoms with Gasteiger partial charge in [-0.1, -0.05) is 6.92 Å². The Morgan fingerprint density at radius 1 is 0.690 bits per heavy atom. The summed E-state index contributed by atoms with van der Waals surface area (Å²) in [7, 11) is -3.75. The number of carboxylic acid groups (broad SMARTS) is 3. The molecule has 24 heteroatoms. The van der Waals surface area contributed by atoms with Crippen LogP contribution in [0.5, 0.6) is 0 Å². The fourth-order valence-corrected chi connectivity index (χ4v) is 8.07. The second kappa shape index (κ2) is 36.9. The number of unbranched alkanes of at least 4 members (excludes halogenated alkanes) is 1. The first-order valence-electron chi connectivity index (χ1n) is 24.0. The maximum absolute atomic E-state index is 12.4. The summed E-state index contributed by atoms with van der Waals surface area (Å²) in [6.45, 7) is 8.78. The minimum absolute atomic E-state index is 0.0578. The number of ether oxygens (including phenoxy) is 2. The van der Waals surface area contributed by atoms with Crippen molar-refractivity contribution in [3.8, 4) is 0 Å². The normalized spacial score (nSPS) is 13.1. The first-order valence-corrected chi connectivity index (χ1v) is 25.8. The van der Waals surface area contributed by atoms with Crippen LogP contribution in [0.2, 0.25) is 0 Å². The summed E-state index contributed by atoms with van der Waals surface area (Å²) in [5, 5.41) is 49.6. The van der Waals surface area contributed by atoms with Gasteiger partial charge in [0.1, 0.15) is 41.7 Å². The summed E-state index contributed by atoms with van der Waals surface area (Å²) in [6, 6.07) is 5.06. The lowest BCUT2D eigenvalue weighted by Crippen LogP contribution is -2.41. The Balaban J connectivity index is 0.000000846. The highest BCUT2D eigenvalue weighted by atomic mass is 32.2. The van der Waals surface area contributed by atoms with E-state index in [1.807, 2.05) is 19.1 Å². The van der Waals surface area contributed by atoms with Crippen LogP contribution >= 0.6 is 0 Å². The molecule has 0 saturated heterocycles. The second-order valence-corrected chi connectivity index (χ2v) is 18.9. The minimum atomic E-state index is -3.75. The quantitative estimate of drug-likeness (QED) is 0.0458. The van der Waals surface area contributed by atoms with E-state index < -0.39 is 81.1 Å². The Bertz CT molecular complexity index is 2050. The molecule has 0 aliphatic carbocycles. The lowest BCUT2D eigenvalue weighted by atomic mass is 9.95. The monoisotopic (exact) mass is 1020 g/mol. The first kappa shape index (κ1) is 63.0. The number of hydrogen-bond acceptors (Lipinski definition) is 17. The molecular weight excluding hydrogens is 951 g/mol. The number of ketones is 3. The molecule has 0 aromatic heterocycles. The zero-order chi connectivity index (χ0) is 53.0. The van der Waals surface area contributed by atoms with Crippen LogP contribution in [-0.2, 0) is 57.7 Å². The number of sulfone groups is 1. The van der Waals surface area contributed by atoms with Gasteiger partial charge in [-0.05, 0) is 101 Å². The highest BCUT2D eigenvalue weighted by Crippen LogP contribution is 2.16. The molecule has 1 aliphatic heterocycles. The number of carboxylic acids is 3. The van der Waals surface area contributed by atoms with Crippen molar-refractivity contribution in [3.05, 3.63) is 29.8 Å². The number of nitrogens with one attached hydrogen (secondary N) is 4. The highest BCUT2D eigenvalue weighted by Gasteiger charge is 2.26. The van der Waals surface area contributed by atoms with E-state index in [1.165, 1.54) is 6.92 Å². The number of carbonyl (C=O) groups is 9. The maximum Gasteiger partial charge on any atom is 0.326 e. The summed E-state index contributed by atoms with van der Waals surface area (Å²) >= 11 is 0. The first-order chi connectivity index (χ1) is 33.8. The summed E-state index contributed by atoms with van der Waals surface area (Å²) in [4.78, 5) is 106. The molecule has 71 heavy (non-hydrogen) atoms. The number of benzene rings is 1. The molecule has 0 unspecified atom stereocenters. The van der Waals surface area contributed by atoms with Crippen LogP contribution in [0.3, 0.4) is 0 Å². The van der Waals surface area contributed by atoms with E-state index in [0.29, 0.717) is 83.6 Å². The van der Waals surface area contributed by atoms with E-state index in [4.69, 9.17) is 14.6 Å². The summed E-state index contributed by atoms with van der Waals surface area (Å²) in [5.74, 6) is -8.40. The molecule has 1 heterocycles. The van der Waals surface area contributed by atoms with Gasteiger partial charge in [0.05, 0.1) is 30.6 Å². The van der Waals surface area contributed by atoms with Crippen molar-refractivity contribution in [2.24, 2.45) is 21.4 Å². The highest BCUT2D eigenvalue weighted by molar-refractivity contribution is 7.92. The van der Waals surface area contributed by atoms with E-state index in [-0.39, 0.29) is 69.0 Å². The van der Waals surface area contributed by atoms with Crippen molar-refractivity contribution >= 4 is 74.2 Å². The van der Waals surface area contributed by atoms with Gasteiger partial charge in [-0.15, -0.1) is 5.10 Å². The van der Waals surface area contributed by atoms with Crippen LogP contribution in [0, 0.1) is 5.92 Å². The summed E-state index contributed by atoms with van der Waals surface area (Å²) in [5.41, 5.74) is 2.30. The number of carbonyl (C=O) groups excluding carboxylic acids is 6. The minimum Gasteiger partial charge on any atom is -0.481 e. The number of amides is 3. The molecule has 1 aliphatic rings. The predicted molar refractivity (Wildman–Crippen MR) is 261 cm³/mol. The van der Waals surface area contributed by atoms with Crippen molar-refractivity contribution in [2.45, 2.75) is 136 Å². The smallest absolute Gasteiger partial charge is 0.326 e. The van der Waals surface area contributed by atoms with Crippen LogP contribution in [-0.4, -0.2) is 152 Å². The topological polar surface area (TPSA) is 352 Å². The third-order valence-electron chi connectivity index (χ3n) is 10.5. The Morgan fingerprint density at radius 2 is 1.35 bits per heavy atom. The fourth-order valence-electron chi connectivity index (χ4n) is 6.71. The zero-order valence-electron chi connectivity index (χ0n) is 41.1. The van der Waals surface area contributed by atoms with Gasteiger partial charge in [0.15, 0.2) is 9.84 Å². The van der Waals surface area contributed by atoms with Gasteiger partial charge in [0.2, 0.25) is 11.8 Å². The van der Waals surface area contributed by atoms with Crippen LogP contribution < -0.4 is 21.3 Å². The van der Waals surface area contributed by atoms with Crippen LogP contribution in [0.25, 0.3) is 0 Å². The SMILES string of the molecule is CCCNc1ccc(C(=O)NCCCC[C@H](NC(C)=O)C(=O)O)cc1.CCOCCOCCCC(=O)CC[C@H](NC(=O)CC[C@H](CC(=O)CCCS(=O)(=O)CC(=O)CCCC1=NN=NC1)C(=O)O)C(=O)O. The molecule has 23 nitrogen and oxygen atoms in total. The van der Waals surface area contributed by atoms with E-state index in [2.05, 4.69) is 43.6 Å². The number of nitrogens with zero attached hydrogens (tertiary/aromatic N) is 3. The van der Waals surface area contributed by atoms with Crippen LogP contribution in [0.15, 0.2) is 39.7 Å². The van der Waals surface area contributed by atoms with Crippen LogP contribution in [0.4, 0.5) is 5.69 Å². The standard InChI is InChI=1S/C29H46N4O12S.C18H27N3O4/c1-2-44-15-16-45-14-4-8-23(34)11-12-26(29(40)41)31-27(37)13-10-21(28(38)39)18-24(35)9-5-17-46(42,43)20-25(36)7-3-6-22-19-30-33-32-22;1-3-11-19-15-9-7-14(8-10-15)17(23)20-12-5-4-6-16(18(24)25)21-13(2)22/h21,26H,2-20H2,1H3,(H,31,37)(H,38,39)(H,40,41);7-10,16,19H,3-6,11-12H2,1-2H3,(H,20,23)(H,21,22)(H,24,25)/t21-,26+;16-/m10/s1. The molecule has 3 amide bonds. The van der Waals surface area contributed by atoms with E-state index in [1.54, 1.807) is 12.1 Å². The van der Waals surface area contributed by atoms with Crippen molar-refractivity contribution in [1.82, 2.24) is 16.0 Å². The van der Waals surface area contributed by atoms with Gasteiger partial charge >= 0.3 is 17.9 Å². The lowest BCUT2D eigenvalue weighted by Gasteiger charge is -2.16. The maximum atomic E-state index is 12.4. The zero-order valence-corrected chi connectivity index (χ0v) is 41.9. The Kier molecular flexibility index (Phi) is 32.7. The molecule has 0 bridgehead atoms. The molecule has 0 fully saturated rings. The average molecular weight is 1020 g/mol. The van der Waals surface area contributed by atoms with Gasteiger partial charge in [0, 0.05) is 83.0 Å². The van der Waals surface area contributed by atoms with Gasteiger partial charge < -0.3 is 46.1 Å². The molecular formula is C47H73N7O16S. The van der Waals surface area contributed by atoms with E-state index in [0.717, 1.165) is 24.4 Å². The summed E-state index contributed by atoms with van der Waals surface area (Å²) in [6.07, 6.45) is 2.69. The predicted octanol–water partition coefficient (Wildman–Crippen LogP) is 3.93. The Labute approximate surface area is 415 Å². The fraction of sp³-hybridized carbons (Fsp3) is 0.660. The third kappa shape index (κ3) is 31.8. The Hall–Kier alpha value is -6.01. The van der Waals surface area contributed by atoms with Gasteiger partial charge in [-0.25, -0.2) is 18.0 Å². The van der Waals surface area contributed by atoms with Crippen molar-refractivity contribution < 1.29 is 76.4 Å². The number of aliphatic carboxylic acids is 3. The molecule has 0 saturated carbocycles. The van der Waals surface area contributed by atoms with Crippen molar-refractivity contribution in [2.75, 3.05) is 62.9 Å². The molecule has 2 rings (SSSR count). The molecule has 3 atom stereocenters. The summed E-state index contributed by atoms with van der Waals surface area (Å²) < 4.78 is 35.0. The van der Waals surface area contributed by atoms with E-state index in [9.17, 15) is 61.8 Å². The molecule has 1 aromatic rings. The molecule has 7 N–H and O–H groups in total. The molecule has 0 radical (unpaired) electrons. The molecule has 398 valence electrons. The number of Topliss-reactive ketones (excluding diaryl/α,β-unsaturated/α-hetero) is 3. The molecule has 0 spiro atoms. The largest absolute Gasteiger partial charge is 0.481 e. The van der Waals surface area contributed by atoms with Crippen molar-refractivity contribution in [1.29, 1.82) is 0 Å². The number of rotatable bonds is 40. The lowest BCUT2D eigenvalue weighted by molar-refractivity contribution is -0.145. The van der Waals surface area contributed by atoms with Crippen LogP contribution in [0.1, 0.15) is 134 Å². The molecule has 1 aromatic carbocycles. The van der Waals surface area contributed by atoms with Gasteiger partial charge in [0.25, 0.3) is 5.91 Å². The number of hydrogen-bond donors (Lipinski definition) is 7. The van der Waals surface area contributed by atoms with Gasteiger partial charge in [-0.2, -0.15) is 5.11 Å². The second-order valence-electron chi connectivity index (χ2n) is 16.8. The number of anilines is 1.